The first kappa shape index (κ1) is 12.5. The van der Waals surface area contributed by atoms with Gasteiger partial charge in [0.25, 0.3) is 0 Å². The summed E-state index contributed by atoms with van der Waals surface area (Å²) in [7, 11) is 0. The fourth-order valence-electron chi connectivity index (χ4n) is 2.32. The lowest BCUT2D eigenvalue weighted by Gasteiger charge is -2.12. The number of hydrogen-bond acceptors (Lipinski definition) is 3. The number of para-hydroxylation sites is 1. The van der Waals surface area contributed by atoms with Gasteiger partial charge >= 0.3 is 0 Å². The van der Waals surface area contributed by atoms with Gasteiger partial charge in [-0.3, -0.25) is 4.98 Å². The van der Waals surface area contributed by atoms with Crippen LogP contribution in [0.4, 0.5) is 11.4 Å². The second kappa shape index (κ2) is 4.85. The van der Waals surface area contributed by atoms with E-state index in [1.54, 1.807) is 12.1 Å². The van der Waals surface area contributed by atoms with E-state index in [0.29, 0.717) is 0 Å². The first-order valence-corrected chi connectivity index (χ1v) is 6.56. The smallest absolute Gasteiger partial charge is 0.115 e. The minimum absolute atomic E-state index is 0.266. The SMILES string of the molecule is Cc1cc(Nc2ccc(O)cc2)c2cccc(C)c2n1. The van der Waals surface area contributed by atoms with Crippen molar-refractivity contribution in [1.29, 1.82) is 0 Å². The van der Waals surface area contributed by atoms with Crippen molar-refractivity contribution in [2.75, 3.05) is 5.32 Å². The summed E-state index contributed by atoms with van der Waals surface area (Å²) in [6.45, 7) is 4.06. The standard InChI is InChI=1S/C17H16N2O/c1-11-4-3-5-15-16(10-12(2)18-17(11)15)19-13-6-8-14(20)9-7-13/h3-10,20H,1-2H3,(H,18,19). The fraction of sp³-hybridized carbons (Fsp3) is 0.118. The summed E-state index contributed by atoms with van der Waals surface area (Å²) in [6.07, 6.45) is 0. The number of benzene rings is 2. The van der Waals surface area contributed by atoms with Crippen LogP contribution in [0.2, 0.25) is 0 Å². The van der Waals surface area contributed by atoms with Crippen molar-refractivity contribution in [2.45, 2.75) is 13.8 Å². The molecular weight excluding hydrogens is 248 g/mol. The molecule has 2 aromatic carbocycles. The van der Waals surface area contributed by atoms with Gasteiger partial charge in [-0.15, -0.1) is 0 Å². The number of aromatic nitrogens is 1. The number of fused-ring (bicyclic) bond motifs is 1. The molecule has 3 heteroatoms. The molecule has 3 nitrogen and oxygen atoms in total. The molecule has 0 aliphatic rings. The molecule has 0 aliphatic heterocycles. The van der Waals surface area contributed by atoms with E-state index in [4.69, 9.17) is 0 Å². The van der Waals surface area contributed by atoms with Gasteiger partial charge < -0.3 is 10.4 Å². The Bertz CT molecular complexity index is 764. The lowest BCUT2D eigenvalue weighted by Crippen LogP contribution is -1.95. The molecule has 0 radical (unpaired) electrons. The summed E-state index contributed by atoms with van der Waals surface area (Å²) in [6, 6.07) is 15.3. The van der Waals surface area contributed by atoms with Gasteiger partial charge in [0, 0.05) is 22.5 Å². The zero-order valence-electron chi connectivity index (χ0n) is 11.5. The van der Waals surface area contributed by atoms with E-state index in [0.717, 1.165) is 28.0 Å². The second-order valence-electron chi connectivity index (χ2n) is 4.95. The summed E-state index contributed by atoms with van der Waals surface area (Å²) in [5.41, 5.74) is 5.14. The number of pyridine rings is 1. The van der Waals surface area contributed by atoms with E-state index in [1.807, 2.05) is 31.2 Å². The molecule has 0 saturated carbocycles. The number of phenolic OH excluding ortho intramolecular Hbond substituents is 1. The van der Waals surface area contributed by atoms with Gasteiger partial charge in [0.1, 0.15) is 5.75 Å². The highest BCUT2D eigenvalue weighted by Crippen LogP contribution is 2.28. The van der Waals surface area contributed by atoms with Crippen LogP contribution in [0.25, 0.3) is 10.9 Å². The Kier molecular flexibility index (Phi) is 3.03. The molecule has 0 saturated heterocycles. The Labute approximate surface area is 117 Å². The highest BCUT2D eigenvalue weighted by molar-refractivity contribution is 5.94. The summed E-state index contributed by atoms with van der Waals surface area (Å²) >= 11 is 0. The monoisotopic (exact) mass is 264 g/mol. The van der Waals surface area contributed by atoms with Crippen molar-refractivity contribution < 1.29 is 5.11 Å². The van der Waals surface area contributed by atoms with Crippen molar-refractivity contribution in [1.82, 2.24) is 4.98 Å². The predicted octanol–water partition coefficient (Wildman–Crippen LogP) is 4.30. The lowest BCUT2D eigenvalue weighted by atomic mass is 10.1. The van der Waals surface area contributed by atoms with Crippen LogP contribution in [-0.4, -0.2) is 10.1 Å². The van der Waals surface area contributed by atoms with Crippen LogP contribution in [-0.2, 0) is 0 Å². The zero-order chi connectivity index (χ0) is 14.1. The predicted molar refractivity (Wildman–Crippen MR) is 82.6 cm³/mol. The van der Waals surface area contributed by atoms with Gasteiger partial charge in [-0.05, 0) is 49.7 Å². The maximum atomic E-state index is 9.34. The van der Waals surface area contributed by atoms with Crippen molar-refractivity contribution in [3.63, 3.8) is 0 Å². The topological polar surface area (TPSA) is 45.1 Å². The van der Waals surface area contributed by atoms with Crippen molar-refractivity contribution in [2.24, 2.45) is 0 Å². The molecule has 3 rings (SSSR count). The number of nitrogens with zero attached hydrogens (tertiary/aromatic N) is 1. The van der Waals surface area contributed by atoms with Crippen LogP contribution >= 0.6 is 0 Å². The van der Waals surface area contributed by atoms with Crippen LogP contribution in [0.15, 0.2) is 48.5 Å². The molecule has 1 heterocycles. The largest absolute Gasteiger partial charge is 0.508 e. The minimum atomic E-state index is 0.266. The van der Waals surface area contributed by atoms with Crippen LogP contribution in [0, 0.1) is 13.8 Å². The quantitative estimate of drug-likeness (QED) is 0.678. The van der Waals surface area contributed by atoms with E-state index in [9.17, 15) is 5.11 Å². The molecule has 1 aromatic heterocycles. The first-order chi connectivity index (χ1) is 9.63. The third kappa shape index (κ3) is 2.30. The maximum absolute atomic E-state index is 9.34. The lowest BCUT2D eigenvalue weighted by molar-refractivity contribution is 0.475. The molecule has 3 aromatic rings. The number of nitrogens with one attached hydrogen (secondary N) is 1. The molecule has 0 spiro atoms. The van der Waals surface area contributed by atoms with Gasteiger partial charge in [0.05, 0.1) is 5.52 Å². The van der Waals surface area contributed by atoms with Gasteiger partial charge in [0.2, 0.25) is 0 Å². The van der Waals surface area contributed by atoms with E-state index < -0.39 is 0 Å². The Balaban J connectivity index is 2.11. The number of aromatic hydroxyl groups is 1. The Morgan fingerprint density at radius 1 is 1.00 bits per heavy atom. The summed E-state index contributed by atoms with van der Waals surface area (Å²) in [5.74, 6) is 0.266. The van der Waals surface area contributed by atoms with E-state index in [2.05, 4.69) is 29.4 Å². The third-order valence-corrected chi connectivity index (χ3v) is 3.32. The highest BCUT2D eigenvalue weighted by Gasteiger charge is 2.06. The Morgan fingerprint density at radius 3 is 2.50 bits per heavy atom. The Hall–Kier alpha value is -2.55. The average molecular weight is 264 g/mol. The average Bonchev–Trinajstić information content (AvgIpc) is 2.42. The van der Waals surface area contributed by atoms with Gasteiger partial charge in [-0.1, -0.05) is 18.2 Å². The molecule has 0 unspecified atom stereocenters. The molecule has 0 aliphatic carbocycles. The zero-order valence-corrected chi connectivity index (χ0v) is 11.5. The van der Waals surface area contributed by atoms with Crippen molar-refractivity contribution in [3.05, 3.63) is 59.8 Å². The molecule has 2 N–H and O–H groups in total. The maximum Gasteiger partial charge on any atom is 0.115 e. The third-order valence-electron chi connectivity index (χ3n) is 3.32. The van der Waals surface area contributed by atoms with E-state index in [1.165, 1.54) is 5.56 Å². The molecule has 100 valence electrons. The number of rotatable bonds is 2. The molecule has 20 heavy (non-hydrogen) atoms. The van der Waals surface area contributed by atoms with Crippen LogP contribution in [0.1, 0.15) is 11.3 Å². The molecule has 0 fully saturated rings. The van der Waals surface area contributed by atoms with Crippen molar-refractivity contribution in [3.8, 4) is 5.75 Å². The molecule has 0 amide bonds. The Morgan fingerprint density at radius 2 is 1.75 bits per heavy atom. The summed E-state index contributed by atoms with van der Waals surface area (Å²) < 4.78 is 0. The number of anilines is 2. The van der Waals surface area contributed by atoms with Gasteiger partial charge in [0.15, 0.2) is 0 Å². The molecular formula is C17H16N2O. The second-order valence-corrected chi connectivity index (χ2v) is 4.95. The van der Waals surface area contributed by atoms with Crippen molar-refractivity contribution >= 4 is 22.3 Å². The number of hydrogen-bond donors (Lipinski definition) is 2. The van der Waals surface area contributed by atoms with Crippen LogP contribution < -0.4 is 5.32 Å². The van der Waals surface area contributed by atoms with Crippen LogP contribution in [0.3, 0.4) is 0 Å². The first-order valence-electron chi connectivity index (χ1n) is 6.56. The molecule has 0 bridgehead atoms. The number of phenols is 1. The fourth-order valence-corrected chi connectivity index (χ4v) is 2.32. The molecule has 0 atom stereocenters. The highest BCUT2D eigenvalue weighted by atomic mass is 16.3. The minimum Gasteiger partial charge on any atom is -0.508 e. The normalized spacial score (nSPS) is 10.7. The summed E-state index contributed by atoms with van der Waals surface area (Å²) in [4.78, 5) is 4.61. The van der Waals surface area contributed by atoms with E-state index >= 15 is 0 Å². The number of aryl methyl sites for hydroxylation is 2. The van der Waals surface area contributed by atoms with Crippen LogP contribution in [0.5, 0.6) is 5.75 Å². The summed E-state index contributed by atoms with van der Waals surface area (Å²) in [5, 5.41) is 13.8. The van der Waals surface area contributed by atoms with Gasteiger partial charge in [-0.25, -0.2) is 0 Å². The van der Waals surface area contributed by atoms with E-state index in [-0.39, 0.29) is 5.75 Å². The van der Waals surface area contributed by atoms with Gasteiger partial charge in [-0.2, -0.15) is 0 Å².